The lowest BCUT2D eigenvalue weighted by molar-refractivity contribution is 0.141. The highest BCUT2D eigenvalue weighted by Crippen LogP contribution is 2.36. The molecule has 25 heavy (non-hydrogen) atoms. The molecule has 3 aromatic rings. The molecule has 0 fully saturated rings. The average molecular weight is 400 g/mol. The van der Waals surface area contributed by atoms with E-state index in [0.717, 1.165) is 32.3 Å². The quantitative estimate of drug-likeness (QED) is 0.577. The third-order valence-electron chi connectivity index (χ3n) is 4.01. The lowest BCUT2D eigenvalue weighted by Gasteiger charge is -2.11. The molecule has 0 atom stereocenters. The molecule has 0 aliphatic heterocycles. The third kappa shape index (κ3) is 3.94. The zero-order valence-corrected chi connectivity index (χ0v) is 15.6. The second kappa shape index (κ2) is 7.15. The highest BCUT2D eigenvalue weighted by Gasteiger charge is 2.19. The second-order valence-corrected chi connectivity index (χ2v) is 6.90. The summed E-state index contributed by atoms with van der Waals surface area (Å²) in [5.41, 5.74) is 4.92. The van der Waals surface area contributed by atoms with Crippen LogP contribution in [0.25, 0.3) is 11.1 Å². The molecule has 4 nitrogen and oxygen atoms in total. The number of aromatic nitrogens is 1. The Kier molecular flexibility index (Phi) is 4.95. The zero-order chi connectivity index (χ0) is 18.0. The van der Waals surface area contributed by atoms with Crippen molar-refractivity contribution in [3.8, 4) is 17.0 Å². The van der Waals surface area contributed by atoms with E-state index in [1.165, 1.54) is 0 Å². The fourth-order valence-electron chi connectivity index (χ4n) is 2.84. The van der Waals surface area contributed by atoms with E-state index >= 15 is 0 Å². The van der Waals surface area contributed by atoms with E-state index in [1.807, 2.05) is 73.1 Å². The van der Waals surface area contributed by atoms with Crippen LogP contribution in [0.4, 0.5) is 4.79 Å². The minimum atomic E-state index is -1.32. The maximum absolute atomic E-state index is 11.2. The highest BCUT2D eigenvalue weighted by atomic mass is 79.9. The standard InChI is InChI=1S/C20H18BrNO3/c1-13-3-7-16(8-4-13)18-14(2)11-22(19(18)25-20(23)24)12-15-5-9-17(21)10-6-15/h3-11H,12H2,1-2H3,(H,23,24). The van der Waals surface area contributed by atoms with Crippen LogP contribution >= 0.6 is 15.9 Å². The van der Waals surface area contributed by atoms with Gasteiger partial charge in [0.05, 0.1) is 6.54 Å². The molecule has 1 aromatic heterocycles. The summed E-state index contributed by atoms with van der Waals surface area (Å²) in [5.74, 6) is 0.344. The van der Waals surface area contributed by atoms with Crippen molar-refractivity contribution in [3.05, 3.63) is 75.9 Å². The van der Waals surface area contributed by atoms with Crippen LogP contribution in [0, 0.1) is 13.8 Å². The molecule has 1 N–H and O–H groups in total. The van der Waals surface area contributed by atoms with Gasteiger partial charge in [-0.25, -0.2) is 4.79 Å². The molecule has 0 saturated heterocycles. The van der Waals surface area contributed by atoms with Crippen LogP contribution in [0.1, 0.15) is 16.7 Å². The van der Waals surface area contributed by atoms with Crippen molar-refractivity contribution in [1.29, 1.82) is 0 Å². The Morgan fingerprint density at radius 3 is 2.32 bits per heavy atom. The van der Waals surface area contributed by atoms with E-state index < -0.39 is 6.16 Å². The summed E-state index contributed by atoms with van der Waals surface area (Å²) in [6, 6.07) is 15.9. The molecule has 128 valence electrons. The van der Waals surface area contributed by atoms with Crippen molar-refractivity contribution in [2.24, 2.45) is 0 Å². The van der Waals surface area contributed by atoms with E-state index in [1.54, 1.807) is 0 Å². The fourth-order valence-corrected chi connectivity index (χ4v) is 3.10. The summed E-state index contributed by atoms with van der Waals surface area (Å²) in [5, 5.41) is 9.18. The molecule has 0 spiro atoms. The number of carbonyl (C=O) groups is 1. The Hall–Kier alpha value is -2.53. The molecule has 2 aromatic carbocycles. The first-order valence-electron chi connectivity index (χ1n) is 7.86. The van der Waals surface area contributed by atoms with Gasteiger partial charge < -0.3 is 14.4 Å². The van der Waals surface area contributed by atoms with Gasteiger partial charge in [-0.05, 0) is 42.7 Å². The molecule has 0 bridgehead atoms. The van der Waals surface area contributed by atoms with Crippen molar-refractivity contribution in [1.82, 2.24) is 4.57 Å². The monoisotopic (exact) mass is 399 g/mol. The molecular weight excluding hydrogens is 382 g/mol. The van der Waals surface area contributed by atoms with Gasteiger partial charge in [-0.3, -0.25) is 0 Å². The van der Waals surface area contributed by atoms with Gasteiger partial charge in [0.1, 0.15) is 0 Å². The number of halogens is 1. The first kappa shape index (κ1) is 17.3. The molecule has 0 aliphatic rings. The fraction of sp³-hybridized carbons (Fsp3) is 0.150. The van der Waals surface area contributed by atoms with Crippen LogP contribution in [0.5, 0.6) is 5.88 Å². The Bertz CT molecular complexity index is 896. The molecule has 3 rings (SSSR count). The van der Waals surface area contributed by atoms with Gasteiger partial charge in [0.25, 0.3) is 0 Å². The van der Waals surface area contributed by atoms with Crippen LogP contribution in [0.2, 0.25) is 0 Å². The summed E-state index contributed by atoms with van der Waals surface area (Å²) in [6.45, 7) is 4.51. The minimum Gasteiger partial charge on any atom is -0.449 e. The molecule has 0 saturated carbocycles. The number of hydrogen-bond acceptors (Lipinski definition) is 2. The van der Waals surface area contributed by atoms with Crippen LogP contribution < -0.4 is 4.74 Å². The lowest BCUT2D eigenvalue weighted by atomic mass is 10.0. The number of aryl methyl sites for hydroxylation is 2. The molecule has 5 heteroatoms. The van der Waals surface area contributed by atoms with Crippen LogP contribution in [0.15, 0.2) is 59.2 Å². The van der Waals surface area contributed by atoms with Crippen molar-refractivity contribution >= 4 is 22.1 Å². The number of carboxylic acid groups (broad SMARTS) is 1. The predicted molar refractivity (Wildman–Crippen MR) is 101 cm³/mol. The molecule has 0 aliphatic carbocycles. The first-order chi connectivity index (χ1) is 11.9. The summed E-state index contributed by atoms with van der Waals surface area (Å²) >= 11 is 3.42. The third-order valence-corrected chi connectivity index (χ3v) is 4.54. The topological polar surface area (TPSA) is 51.5 Å². The van der Waals surface area contributed by atoms with Crippen LogP contribution in [0.3, 0.4) is 0 Å². The van der Waals surface area contributed by atoms with Crippen molar-refractivity contribution in [3.63, 3.8) is 0 Å². The van der Waals surface area contributed by atoms with E-state index in [9.17, 15) is 9.90 Å². The summed E-state index contributed by atoms with van der Waals surface area (Å²) < 4.78 is 7.99. The van der Waals surface area contributed by atoms with Gasteiger partial charge in [0.2, 0.25) is 5.88 Å². The largest absolute Gasteiger partial charge is 0.512 e. The molecule has 0 radical (unpaired) electrons. The van der Waals surface area contributed by atoms with Crippen LogP contribution in [-0.4, -0.2) is 15.8 Å². The van der Waals surface area contributed by atoms with Gasteiger partial charge in [-0.2, -0.15) is 0 Å². The Balaban J connectivity index is 2.06. The highest BCUT2D eigenvalue weighted by molar-refractivity contribution is 9.10. The summed E-state index contributed by atoms with van der Waals surface area (Å²) in [7, 11) is 0. The van der Waals surface area contributed by atoms with Crippen molar-refractivity contribution in [2.45, 2.75) is 20.4 Å². The Morgan fingerprint density at radius 1 is 1.08 bits per heavy atom. The first-order valence-corrected chi connectivity index (χ1v) is 8.65. The van der Waals surface area contributed by atoms with E-state index in [2.05, 4.69) is 15.9 Å². The summed E-state index contributed by atoms with van der Waals surface area (Å²) in [6.07, 6.45) is 0.610. The van der Waals surface area contributed by atoms with Gasteiger partial charge in [-0.1, -0.05) is 57.9 Å². The van der Waals surface area contributed by atoms with E-state index in [-0.39, 0.29) is 0 Å². The Labute approximate surface area is 154 Å². The maximum atomic E-state index is 11.2. The molecule has 0 amide bonds. The van der Waals surface area contributed by atoms with E-state index in [4.69, 9.17) is 4.74 Å². The van der Waals surface area contributed by atoms with Crippen molar-refractivity contribution < 1.29 is 14.6 Å². The predicted octanol–water partition coefficient (Wildman–Crippen LogP) is 5.64. The molecular formula is C20H18BrNO3. The van der Waals surface area contributed by atoms with Crippen molar-refractivity contribution in [2.75, 3.05) is 0 Å². The van der Waals surface area contributed by atoms with E-state index in [0.29, 0.717) is 12.4 Å². The normalized spacial score (nSPS) is 10.7. The van der Waals surface area contributed by atoms with Crippen LogP contribution in [-0.2, 0) is 6.54 Å². The SMILES string of the molecule is Cc1ccc(-c2c(C)cn(Cc3ccc(Br)cc3)c2OC(=O)O)cc1. The lowest BCUT2D eigenvalue weighted by Crippen LogP contribution is -2.09. The second-order valence-electron chi connectivity index (χ2n) is 5.98. The van der Waals surface area contributed by atoms with Gasteiger partial charge in [0.15, 0.2) is 0 Å². The number of hydrogen-bond donors (Lipinski definition) is 1. The number of benzene rings is 2. The molecule has 1 heterocycles. The zero-order valence-electron chi connectivity index (χ0n) is 14.0. The maximum Gasteiger partial charge on any atom is 0.512 e. The van der Waals surface area contributed by atoms with Gasteiger partial charge in [-0.15, -0.1) is 0 Å². The van der Waals surface area contributed by atoms with Gasteiger partial charge >= 0.3 is 6.16 Å². The van der Waals surface area contributed by atoms with Gasteiger partial charge in [0, 0.05) is 16.2 Å². The Morgan fingerprint density at radius 2 is 1.72 bits per heavy atom. The minimum absolute atomic E-state index is 0.344. The smallest absolute Gasteiger partial charge is 0.449 e. The number of nitrogens with zero attached hydrogens (tertiary/aromatic N) is 1. The number of ether oxygens (including phenoxy) is 1. The molecule has 0 unspecified atom stereocenters. The number of rotatable bonds is 4. The average Bonchev–Trinajstić information content (AvgIpc) is 2.85. The summed E-state index contributed by atoms with van der Waals surface area (Å²) in [4.78, 5) is 11.2.